The second-order valence-electron chi connectivity index (χ2n) is 3.87. The predicted molar refractivity (Wildman–Crippen MR) is 69.5 cm³/mol. The average Bonchev–Trinajstić information content (AvgIpc) is 2.40. The quantitative estimate of drug-likeness (QED) is 0.641. The van der Waals surface area contributed by atoms with Gasteiger partial charge >= 0.3 is 5.97 Å². The van der Waals surface area contributed by atoms with Crippen molar-refractivity contribution in [3.63, 3.8) is 0 Å². The Morgan fingerprint density at radius 2 is 2.16 bits per heavy atom. The standard InChI is InChI=1S/C13H19NO5/c1-3-19-12-6-9(4-5-11(12)18-2)7-14-10(8-15)13(16)17/h4-6,10,14-15H,3,7-8H2,1-2H3,(H,16,17). The van der Waals surface area contributed by atoms with Gasteiger partial charge in [0.2, 0.25) is 0 Å². The minimum atomic E-state index is -1.08. The van der Waals surface area contributed by atoms with Crippen LogP contribution >= 0.6 is 0 Å². The average molecular weight is 269 g/mol. The van der Waals surface area contributed by atoms with Crippen molar-refractivity contribution in [3.8, 4) is 11.5 Å². The first kappa shape index (κ1) is 15.3. The van der Waals surface area contributed by atoms with Crippen molar-refractivity contribution >= 4 is 5.97 Å². The van der Waals surface area contributed by atoms with Crippen LogP contribution in [0.15, 0.2) is 18.2 Å². The van der Waals surface area contributed by atoms with Crippen molar-refractivity contribution in [1.82, 2.24) is 5.32 Å². The molecule has 3 N–H and O–H groups in total. The van der Waals surface area contributed by atoms with Crippen LogP contribution in [0.25, 0.3) is 0 Å². The van der Waals surface area contributed by atoms with E-state index in [1.165, 1.54) is 0 Å². The fraction of sp³-hybridized carbons (Fsp3) is 0.462. The van der Waals surface area contributed by atoms with Crippen LogP contribution in [0.3, 0.4) is 0 Å². The molecule has 0 bridgehead atoms. The zero-order chi connectivity index (χ0) is 14.3. The van der Waals surface area contributed by atoms with Crippen LogP contribution in [0.2, 0.25) is 0 Å². The van der Waals surface area contributed by atoms with Crippen LogP contribution in [0.5, 0.6) is 11.5 Å². The molecule has 0 aliphatic rings. The SMILES string of the molecule is CCOc1cc(CNC(CO)C(=O)O)ccc1OC. The maximum absolute atomic E-state index is 10.8. The lowest BCUT2D eigenvalue weighted by molar-refractivity contribution is -0.140. The van der Waals surface area contributed by atoms with Gasteiger partial charge in [-0.05, 0) is 24.6 Å². The van der Waals surface area contributed by atoms with Crippen molar-refractivity contribution in [2.24, 2.45) is 0 Å². The molecule has 6 heteroatoms. The number of ether oxygens (including phenoxy) is 2. The lowest BCUT2D eigenvalue weighted by atomic mass is 10.2. The fourth-order valence-electron chi connectivity index (χ4n) is 1.57. The van der Waals surface area contributed by atoms with Crippen LogP contribution in [0.4, 0.5) is 0 Å². The maximum Gasteiger partial charge on any atom is 0.323 e. The van der Waals surface area contributed by atoms with Crippen LogP contribution in [-0.4, -0.2) is 42.5 Å². The molecular weight excluding hydrogens is 250 g/mol. The molecule has 106 valence electrons. The molecule has 0 fully saturated rings. The number of carboxylic acids is 1. The van der Waals surface area contributed by atoms with E-state index in [2.05, 4.69) is 5.32 Å². The van der Waals surface area contributed by atoms with Gasteiger partial charge in [0, 0.05) is 6.54 Å². The third-order valence-corrected chi connectivity index (χ3v) is 2.56. The second-order valence-corrected chi connectivity index (χ2v) is 3.87. The molecule has 0 aromatic heterocycles. The van der Waals surface area contributed by atoms with Crippen LogP contribution < -0.4 is 14.8 Å². The molecule has 0 heterocycles. The van der Waals surface area contributed by atoms with Gasteiger partial charge in [-0.15, -0.1) is 0 Å². The summed E-state index contributed by atoms with van der Waals surface area (Å²) in [6.07, 6.45) is 0. The maximum atomic E-state index is 10.8. The van der Waals surface area contributed by atoms with Crippen molar-refractivity contribution in [2.75, 3.05) is 20.3 Å². The molecule has 0 radical (unpaired) electrons. The number of methoxy groups -OCH3 is 1. The van der Waals surface area contributed by atoms with Crippen LogP contribution in [0.1, 0.15) is 12.5 Å². The van der Waals surface area contributed by atoms with Crippen LogP contribution in [0, 0.1) is 0 Å². The molecule has 1 aromatic carbocycles. The summed E-state index contributed by atoms with van der Waals surface area (Å²) < 4.78 is 10.6. The van der Waals surface area contributed by atoms with E-state index in [9.17, 15) is 4.79 Å². The van der Waals surface area contributed by atoms with E-state index >= 15 is 0 Å². The van der Waals surface area contributed by atoms with Crippen molar-refractivity contribution in [1.29, 1.82) is 0 Å². The lowest BCUT2D eigenvalue weighted by Gasteiger charge is -2.14. The zero-order valence-electron chi connectivity index (χ0n) is 11.0. The molecule has 1 unspecified atom stereocenters. The molecule has 1 rings (SSSR count). The van der Waals surface area contributed by atoms with Crippen molar-refractivity contribution in [3.05, 3.63) is 23.8 Å². The number of nitrogens with one attached hydrogen (secondary N) is 1. The highest BCUT2D eigenvalue weighted by Gasteiger charge is 2.15. The second kappa shape index (κ2) is 7.60. The van der Waals surface area contributed by atoms with E-state index in [-0.39, 0.29) is 0 Å². The Kier molecular flexibility index (Phi) is 6.11. The summed E-state index contributed by atoms with van der Waals surface area (Å²) in [6, 6.07) is 4.38. The zero-order valence-corrected chi connectivity index (χ0v) is 11.0. The number of carbonyl (C=O) groups is 1. The highest BCUT2D eigenvalue weighted by atomic mass is 16.5. The molecule has 1 aromatic rings. The highest BCUT2D eigenvalue weighted by Crippen LogP contribution is 2.27. The molecule has 0 aliphatic heterocycles. The fourth-order valence-corrected chi connectivity index (χ4v) is 1.57. The van der Waals surface area contributed by atoms with E-state index in [0.29, 0.717) is 24.7 Å². The molecule has 0 spiro atoms. The number of carboxylic acid groups (broad SMARTS) is 1. The number of aliphatic hydroxyl groups excluding tert-OH is 1. The van der Waals surface area contributed by atoms with Gasteiger partial charge in [0.1, 0.15) is 6.04 Å². The number of rotatable bonds is 8. The molecular formula is C13H19NO5. The predicted octanol–water partition coefficient (Wildman–Crippen LogP) is 0.629. The van der Waals surface area contributed by atoms with E-state index in [4.69, 9.17) is 19.7 Å². The third kappa shape index (κ3) is 4.42. The Labute approximate surface area is 112 Å². The normalized spacial score (nSPS) is 11.9. The Balaban J connectivity index is 2.73. The number of hydrogen-bond acceptors (Lipinski definition) is 5. The summed E-state index contributed by atoms with van der Waals surface area (Å²) in [7, 11) is 1.56. The van der Waals surface area contributed by atoms with E-state index in [1.807, 2.05) is 13.0 Å². The summed E-state index contributed by atoms with van der Waals surface area (Å²) >= 11 is 0. The first-order chi connectivity index (χ1) is 9.12. The minimum absolute atomic E-state index is 0.321. The van der Waals surface area contributed by atoms with Gasteiger partial charge in [-0.25, -0.2) is 0 Å². The lowest BCUT2D eigenvalue weighted by Crippen LogP contribution is -2.39. The minimum Gasteiger partial charge on any atom is -0.493 e. The number of aliphatic carboxylic acids is 1. The van der Waals surface area contributed by atoms with Gasteiger partial charge in [-0.3, -0.25) is 10.1 Å². The first-order valence-electron chi connectivity index (χ1n) is 5.99. The highest BCUT2D eigenvalue weighted by molar-refractivity contribution is 5.73. The van der Waals surface area contributed by atoms with E-state index in [0.717, 1.165) is 5.56 Å². The molecule has 19 heavy (non-hydrogen) atoms. The Bertz CT molecular complexity index is 421. The topological polar surface area (TPSA) is 88.0 Å². The molecule has 6 nitrogen and oxygen atoms in total. The van der Waals surface area contributed by atoms with Gasteiger partial charge in [0.25, 0.3) is 0 Å². The third-order valence-electron chi connectivity index (χ3n) is 2.56. The number of hydrogen-bond donors (Lipinski definition) is 3. The Hall–Kier alpha value is -1.79. The van der Waals surface area contributed by atoms with Gasteiger partial charge in [-0.2, -0.15) is 0 Å². The van der Waals surface area contributed by atoms with E-state index < -0.39 is 18.6 Å². The molecule has 0 amide bonds. The summed E-state index contributed by atoms with van der Waals surface area (Å²) in [4.78, 5) is 10.8. The Morgan fingerprint density at radius 1 is 1.42 bits per heavy atom. The first-order valence-corrected chi connectivity index (χ1v) is 5.99. The smallest absolute Gasteiger partial charge is 0.323 e. The van der Waals surface area contributed by atoms with Gasteiger partial charge in [0.05, 0.1) is 20.3 Å². The summed E-state index contributed by atoms with van der Waals surface area (Å²) in [5, 5.41) is 20.5. The molecule has 0 saturated heterocycles. The number of benzene rings is 1. The van der Waals surface area contributed by atoms with Gasteiger partial charge in [-0.1, -0.05) is 6.07 Å². The van der Waals surface area contributed by atoms with Gasteiger partial charge in [0.15, 0.2) is 11.5 Å². The van der Waals surface area contributed by atoms with E-state index in [1.54, 1.807) is 19.2 Å². The van der Waals surface area contributed by atoms with Crippen molar-refractivity contribution in [2.45, 2.75) is 19.5 Å². The monoisotopic (exact) mass is 269 g/mol. The largest absolute Gasteiger partial charge is 0.493 e. The van der Waals surface area contributed by atoms with Crippen molar-refractivity contribution < 1.29 is 24.5 Å². The molecule has 0 aliphatic carbocycles. The summed E-state index contributed by atoms with van der Waals surface area (Å²) in [5.74, 6) is 0.156. The van der Waals surface area contributed by atoms with Crippen LogP contribution in [-0.2, 0) is 11.3 Å². The summed E-state index contributed by atoms with van der Waals surface area (Å²) in [5.41, 5.74) is 0.851. The summed E-state index contributed by atoms with van der Waals surface area (Å²) in [6.45, 7) is 2.25. The molecule has 1 atom stereocenters. The van der Waals surface area contributed by atoms with Gasteiger partial charge < -0.3 is 19.7 Å². The molecule has 0 saturated carbocycles. The Morgan fingerprint density at radius 3 is 2.68 bits per heavy atom. The number of aliphatic hydroxyl groups is 1.